The van der Waals surface area contributed by atoms with Crippen LogP contribution >= 0.6 is 11.6 Å². The number of hydrogen-bond donors (Lipinski definition) is 2. The Kier molecular flexibility index (Phi) is 5.62. The fraction of sp³-hybridized carbons (Fsp3) is 0.562. The maximum absolute atomic E-state index is 12.4. The summed E-state index contributed by atoms with van der Waals surface area (Å²) >= 11 is 5.98. The average Bonchev–Trinajstić information content (AvgIpc) is 2.50. The van der Waals surface area contributed by atoms with E-state index in [1.54, 1.807) is 6.07 Å². The Morgan fingerprint density at radius 2 is 2.33 bits per heavy atom. The zero-order valence-corrected chi connectivity index (χ0v) is 13.4. The fourth-order valence-electron chi connectivity index (χ4n) is 2.73. The second-order valence-electron chi connectivity index (χ2n) is 5.81. The molecule has 5 heteroatoms. The Morgan fingerprint density at radius 3 is 3.05 bits per heavy atom. The van der Waals surface area contributed by atoms with Crippen LogP contribution in [0.4, 0.5) is 5.69 Å². The van der Waals surface area contributed by atoms with E-state index in [1.165, 1.54) is 0 Å². The predicted molar refractivity (Wildman–Crippen MR) is 85.7 cm³/mol. The van der Waals surface area contributed by atoms with Gasteiger partial charge in [0.05, 0.1) is 6.04 Å². The van der Waals surface area contributed by atoms with E-state index in [2.05, 4.69) is 10.2 Å². The molecule has 1 amide bonds. The van der Waals surface area contributed by atoms with Gasteiger partial charge in [-0.15, -0.1) is 0 Å². The van der Waals surface area contributed by atoms with Gasteiger partial charge in [0.2, 0.25) is 5.91 Å². The zero-order chi connectivity index (χ0) is 15.4. The van der Waals surface area contributed by atoms with Gasteiger partial charge >= 0.3 is 0 Å². The minimum absolute atomic E-state index is 0.0287. The third kappa shape index (κ3) is 4.19. The van der Waals surface area contributed by atoms with E-state index < -0.39 is 0 Å². The number of nitrogens with one attached hydrogen (secondary N) is 1. The van der Waals surface area contributed by atoms with Gasteiger partial charge in [0.25, 0.3) is 0 Å². The number of anilines is 1. The van der Waals surface area contributed by atoms with Crippen molar-refractivity contribution in [3.05, 3.63) is 28.8 Å². The number of aryl methyl sites for hydroxylation is 1. The summed E-state index contributed by atoms with van der Waals surface area (Å²) in [6, 6.07) is 5.27. The highest BCUT2D eigenvalue weighted by Gasteiger charge is 2.27. The largest absolute Gasteiger partial charge is 0.396 e. The van der Waals surface area contributed by atoms with Crippen LogP contribution in [-0.4, -0.2) is 41.7 Å². The molecule has 0 spiro atoms. The number of rotatable bonds is 4. The molecule has 1 aliphatic heterocycles. The third-order valence-corrected chi connectivity index (χ3v) is 4.43. The van der Waals surface area contributed by atoms with Crippen molar-refractivity contribution in [1.82, 2.24) is 4.90 Å². The highest BCUT2D eigenvalue weighted by molar-refractivity contribution is 6.31. The van der Waals surface area contributed by atoms with Crippen LogP contribution in [0.25, 0.3) is 0 Å². The van der Waals surface area contributed by atoms with Crippen LogP contribution in [0.15, 0.2) is 18.2 Å². The van der Waals surface area contributed by atoms with Gasteiger partial charge in [0, 0.05) is 23.9 Å². The molecule has 116 valence electrons. The van der Waals surface area contributed by atoms with Crippen LogP contribution in [0.5, 0.6) is 0 Å². The molecule has 1 heterocycles. The maximum Gasteiger partial charge on any atom is 0.241 e. The molecule has 0 saturated carbocycles. The molecule has 2 N–H and O–H groups in total. The smallest absolute Gasteiger partial charge is 0.241 e. The lowest BCUT2D eigenvalue weighted by Crippen LogP contribution is -2.47. The van der Waals surface area contributed by atoms with Gasteiger partial charge in [-0.1, -0.05) is 17.7 Å². The van der Waals surface area contributed by atoms with Crippen molar-refractivity contribution in [3.63, 3.8) is 0 Å². The minimum Gasteiger partial charge on any atom is -0.396 e. The van der Waals surface area contributed by atoms with Gasteiger partial charge < -0.3 is 10.4 Å². The molecular weight excluding hydrogens is 288 g/mol. The quantitative estimate of drug-likeness (QED) is 0.899. The molecule has 1 aliphatic rings. The molecule has 0 aromatic heterocycles. The number of aliphatic hydroxyl groups is 1. The molecule has 0 aliphatic carbocycles. The Morgan fingerprint density at radius 1 is 1.57 bits per heavy atom. The summed E-state index contributed by atoms with van der Waals surface area (Å²) in [5.74, 6) is 0.251. The maximum atomic E-state index is 12.4. The molecule has 2 atom stereocenters. The van der Waals surface area contributed by atoms with Crippen LogP contribution in [0.1, 0.15) is 25.3 Å². The number of halogens is 1. The first kappa shape index (κ1) is 16.3. The summed E-state index contributed by atoms with van der Waals surface area (Å²) in [5.41, 5.74) is 1.75. The topological polar surface area (TPSA) is 52.6 Å². The van der Waals surface area contributed by atoms with E-state index in [4.69, 9.17) is 11.6 Å². The Bertz CT molecular complexity index is 507. The molecule has 1 aromatic rings. The van der Waals surface area contributed by atoms with E-state index >= 15 is 0 Å². The zero-order valence-electron chi connectivity index (χ0n) is 12.6. The molecule has 4 nitrogen and oxygen atoms in total. The first-order valence-corrected chi connectivity index (χ1v) is 7.81. The number of likely N-dealkylation sites (tertiary alicyclic amines) is 1. The first-order valence-electron chi connectivity index (χ1n) is 7.43. The molecule has 2 unspecified atom stereocenters. The molecule has 1 saturated heterocycles. The van der Waals surface area contributed by atoms with Crippen molar-refractivity contribution in [3.8, 4) is 0 Å². The van der Waals surface area contributed by atoms with E-state index in [0.717, 1.165) is 37.2 Å². The fourth-order valence-corrected chi connectivity index (χ4v) is 2.90. The van der Waals surface area contributed by atoms with Crippen molar-refractivity contribution in [2.75, 3.05) is 25.0 Å². The third-order valence-electron chi connectivity index (χ3n) is 4.19. The molecular formula is C16H23ClN2O2. The van der Waals surface area contributed by atoms with Crippen molar-refractivity contribution < 1.29 is 9.90 Å². The molecule has 0 radical (unpaired) electrons. The van der Waals surface area contributed by atoms with Gasteiger partial charge in [-0.2, -0.15) is 0 Å². The molecule has 2 rings (SSSR count). The van der Waals surface area contributed by atoms with E-state index in [-0.39, 0.29) is 24.5 Å². The first-order chi connectivity index (χ1) is 10.0. The van der Waals surface area contributed by atoms with Gasteiger partial charge in [-0.25, -0.2) is 0 Å². The summed E-state index contributed by atoms with van der Waals surface area (Å²) in [4.78, 5) is 14.6. The standard InChI is InChI=1S/C16H23ClN2O2/c1-11-5-6-14(17)8-15(11)18-16(21)12(2)19-7-3-4-13(9-19)10-20/h5-6,8,12-13,20H,3-4,7,9-10H2,1-2H3,(H,18,21). The van der Waals surface area contributed by atoms with Gasteiger partial charge in [-0.3, -0.25) is 9.69 Å². The summed E-state index contributed by atoms with van der Waals surface area (Å²) < 4.78 is 0. The molecule has 1 aromatic carbocycles. The lowest BCUT2D eigenvalue weighted by Gasteiger charge is -2.35. The van der Waals surface area contributed by atoms with E-state index in [1.807, 2.05) is 26.0 Å². The van der Waals surface area contributed by atoms with Crippen LogP contribution < -0.4 is 5.32 Å². The number of piperidine rings is 1. The number of benzene rings is 1. The normalized spacial score (nSPS) is 21.0. The van der Waals surface area contributed by atoms with Crippen LogP contribution in [0, 0.1) is 12.8 Å². The molecule has 0 bridgehead atoms. The SMILES string of the molecule is Cc1ccc(Cl)cc1NC(=O)C(C)N1CCCC(CO)C1. The van der Waals surface area contributed by atoms with Crippen LogP contribution in [0.2, 0.25) is 5.02 Å². The van der Waals surface area contributed by atoms with Crippen molar-refractivity contribution in [1.29, 1.82) is 0 Å². The average molecular weight is 311 g/mol. The highest BCUT2D eigenvalue weighted by atomic mass is 35.5. The number of hydrogen-bond acceptors (Lipinski definition) is 3. The van der Waals surface area contributed by atoms with Gasteiger partial charge in [-0.05, 0) is 56.8 Å². The van der Waals surface area contributed by atoms with Crippen molar-refractivity contribution in [2.24, 2.45) is 5.92 Å². The highest BCUT2D eigenvalue weighted by Crippen LogP contribution is 2.22. The Hall–Kier alpha value is -1.10. The summed E-state index contributed by atoms with van der Waals surface area (Å²) in [6.45, 7) is 5.73. The lowest BCUT2D eigenvalue weighted by atomic mass is 9.97. The minimum atomic E-state index is -0.210. The number of nitrogens with zero attached hydrogens (tertiary/aromatic N) is 1. The molecule has 1 fully saturated rings. The summed E-state index contributed by atoms with van der Waals surface area (Å²) in [5, 5.41) is 12.9. The van der Waals surface area contributed by atoms with E-state index in [9.17, 15) is 9.90 Å². The number of amides is 1. The number of aliphatic hydroxyl groups excluding tert-OH is 1. The summed E-state index contributed by atoms with van der Waals surface area (Å²) in [7, 11) is 0. The molecule has 21 heavy (non-hydrogen) atoms. The predicted octanol–water partition coefficient (Wildman–Crippen LogP) is 2.68. The number of carbonyl (C=O) groups excluding carboxylic acids is 1. The summed E-state index contributed by atoms with van der Waals surface area (Å²) in [6.07, 6.45) is 2.06. The van der Waals surface area contributed by atoms with Crippen LogP contribution in [0.3, 0.4) is 0 Å². The van der Waals surface area contributed by atoms with E-state index in [0.29, 0.717) is 5.02 Å². The van der Waals surface area contributed by atoms with Crippen LogP contribution in [-0.2, 0) is 4.79 Å². The lowest BCUT2D eigenvalue weighted by molar-refractivity contribution is -0.121. The van der Waals surface area contributed by atoms with Gasteiger partial charge in [0.15, 0.2) is 0 Å². The second-order valence-corrected chi connectivity index (χ2v) is 6.25. The number of carbonyl (C=O) groups is 1. The Balaban J connectivity index is 2.00. The Labute approximate surface area is 131 Å². The monoisotopic (exact) mass is 310 g/mol. The van der Waals surface area contributed by atoms with Crippen molar-refractivity contribution >= 4 is 23.2 Å². The van der Waals surface area contributed by atoms with Crippen molar-refractivity contribution in [2.45, 2.75) is 32.7 Å². The van der Waals surface area contributed by atoms with Gasteiger partial charge in [0.1, 0.15) is 0 Å². The second kappa shape index (κ2) is 7.25.